The van der Waals surface area contributed by atoms with Crippen molar-refractivity contribution < 1.29 is 4.74 Å². The number of aromatic amines is 1. The summed E-state index contributed by atoms with van der Waals surface area (Å²) in [4.78, 5) is 3.36. The first-order chi connectivity index (χ1) is 11.6. The van der Waals surface area contributed by atoms with Crippen LogP contribution in [0.15, 0.2) is 54.7 Å². The van der Waals surface area contributed by atoms with Crippen molar-refractivity contribution in [3.63, 3.8) is 0 Å². The van der Waals surface area contributed by atoms with E-state index in [4.69, 9.17) is 4.74 Å². The zero-order chi connectivity index (χ0) is 16.6. The second kappa shape index (κ2) is 5.99. The van der Waals surface area contributed by atoms with Gasteiger partial charge in [-0.1, -0.05) is 36.4 Å². The van der Waals surface area contributed by atoms with Crippen molar-refractivity contribution in [3.05, 3.63) is 65.9 Å². The molecule has 0 aliphatic carbocycles. The van der Waals surface area contributed by atoms with Crippen LogP contribution in [0.1, 0.15) is 37.4 Å². The van der Waals surface area contributed by atoms with E-state index in [0.717, 1.165) is 25.1 Å². The molecule has 4 rings (SSSR count). The topological polar surface area (TPSA) is 37.0 Å². The molecule has 3 aromatic rings. The Balaban J connectivity index is 1.48. The van der Waals surface area contributed by atoms with Crippen molar-refractivity contribution in [2.75, 3.05) is 6.54 Å². The van der Waals surface area contributed by atoms with Crippen molar-refractivity contribution in [3.8, 4) is 5.75 Å². The van der Waals surface area contributed by atoms with Gasteiger partial charge in [0, 0.05) is 35.1 Å². The number of H-pyrrole nitrogens is 1. The van der Waals surface area contributed by atoms with Gasteiger partial charge in [0.1, 0.15) is 11.4 Å². The molecule has 0 spiro atoms. The average molecular weight is 320 g/mol. The van der Waals surface area contributed by atoms with E-state index in [2.05, 4.69) is 72.8 Å². The maximum Gasteiger partial charge on any atom is 0.124 e. The molecule has 124 valence electrons. The Labute approximate surface area is 143 Å². The van der Waals surface area contributed by atoms with E-state index in [0.29, 0.717) is 6.04 Å². The van der Waals surface area contributed by atoms with Crippen molar-refractivity contribution in [2.45, 2.75) is 38.3 Å². The molecule has 1 aliphatic rings. The largest absolute Gasteiger partial charge is 0.487 e. The minimum Gasteiger partial charge on any atom is -0.487 e. The fourth-order valence-electron chi connectivity index (χ4n) is 3.70. The fraction of sp³-hybridized carbons (Fsp3) is 0.333. The third kappa shape index (κ3) is 2.92. The van der Waals surface area contributed by atoms with Gasteiger partial charge in [0.15, 0.2) is 0 Å². The average Bonchev–Trinajstić information content (AvgIpc) is 2.97. The highest BCUT2D eigenvalue weighted by Crippen LogP contribution is 2.39. The minimum absolute atomic E-state index is 0.132. The number of para-hydroxylation sites is 2. The van der Waals surface area contributed by atoms with Crippen LogP contribution in [-0.2, 0) is 6.42 Å². The lowest BCUT2D eigenvalue weighted by Gasteiger charge is -2.38. The van der Waals surface area contributed by atoms with E-state index in [1.807, 2.05) is 6.07 Å². The number of fused-ring (bicyclic) bond motifs is 2. The molecule has 0 radical (unpaired) electrons. The van der Waals surface area contributed by atoms with E-state index < -0.39 is 0 Å². The quantitative estimate of drug-likeness (QED) is 0.737. The number of rotatable bonds is 4. The van der Waals surface area contributed by atoms with Crippen LogP contribution in [0.5, 0.6) is 5.75 Å². The second-order valence-electron chi connectivity index (χ2n) is 7.22. The Morgan fingerprint density at radius 3 is 2.83 bits per heavy atom. The molecule has 1 aliphatic heterocycles. The molecule has 0 saturated carbocycles. The number of nitrogens with one attached hydrogen (secondary N) is 2. The first kappa shape index (κ1) is 15.3. The summed E-state index contributed by atoms with van der Waals surface area (Å²) in [7, 11) is 0. The summed E-state index contributed by atoms with van der Waals surface area (Å²) in [5.41, 5.74) is 3.73. The summed E-state index contributed by atoms with van der Waals surface area (Å²) in [6.45, 7) is 5.28. The van der Waals surface area contributed by atoms with Gasteiger partial charge in [-0.05, 0) is 44.5 Å². The molecule has 1 aromatic heterocycles. The van der Waals surface area contributed by atoms with Crippen LogP contribution in [0.4, 0.5) is 0 Å². The van der Waals surface area contributed by atoms with Gasteiger partial charge < -0.3 is 15.0 Å². The fourth-order valence-corrected chi connectivity index (χ4v) is 3.70. The summed E-state index contributed by atoms with van der Waals surface area (Å²) in [5, 5.41) is 5.07. The van der Waals surface area contributed by atoms with Crippen LogP contribution < -0.4 is 10.1 Å². The summed E-state index contributed by atoms with van der Waals surface area (Å²) in [6, 6.07) is 17.2. The SMILES string of the molecule is CC1(C)CC(NCCc2c[nH]c3ccccc23)c2ccccc2O1. The van der Waals surface area contributed by atoms with E-state index >= 15 is 0 Å². The van der Waals surface area contributed by atoms with Crippen LogP contribution in [-0.4, -0.2) is 17.1 Å². The minimum atomic E-state index is -0.132. The molecule has 2 aromatic carbocycles. The number of hydrogen-bond acceptors (Lipinski definition) is 2. The van der Waals surface area contributed by atoms with Gasteiger partial charge in [0.2, 0.25) is 0 Å². The van der Waals surface area contributed by atoms with Gasteiger partial charge in [-0.15, -0.1) is 0 Å². The van der Waals surface area contributed by atoms with Gasteiger partial charge in [-0.3, -0.25) is 0 Å². The summed E-state index contributed by atoms with van der Waals surface area (Å²) in [5.74, 6) is 1.01. The molecule has 3 heteroatoms. The number of benzene rings is 2. The Morgan fingerprint density at radius 1 is 1.12 bits per heavy atom. The van der Waals surface area contributed by atoms with Gasteiger partial charge in [0.05, 0.1) is 0 Å². The van der Waals surface area contributed by atoms with E-state index in [1.165, 1.54) is 22.0 Å². The Kier molecular flexibility index (Phi) is 3.81. The molecular formula is C21H24N2O. The smallest absolute Gasteiger partial charge is 0.124 e. The van der Waals surface area contributed by atoms with Gasteiger partial charge in [-0.25, -0.2) is 0 Å². The molecule has 2 N–H and O–H groups in total. The van der Waals surface area contributed by atoms with E-state index in [-0.39, 0.29) is 5.60 Å². The maximum absolute atomic E-state index is 6.11. The zero-order valence-electron chi connectivity index (χ0n) is 14.3. The van der Waals surface area contributed by atoms with Crippen LogP contribution in [0.25, 0.3) is 10.9 Å². The second-order valence-corrected chi connectivity index (χ2v) is 7.22. The molecule has 1 atom stereocenters. The standard InChI is InChI=1S/C21H24N2O/c1-21(2)13-19(17-8-4-6-10-20(17)24-21)22-12-11-15-14-23-18-9-5-3-7-16(15)18/h3-10,14,19,22-23H,11-13H2,1-2H3. The van der Waals surface area contributed by atoms with E-state index in [1.54, 1.807) is 0 Å². The first-order valence-electron chi connectivity index (χ1n) is 8.69. The highest BCUT2D eigenvalue weighted by Gasteiger charge is 2.33. The van der Waals surface area contributed by atoms with Crippen molar-refractivity contribution in [2.24, 2.45) is 0 Å². The predicted octanol–water partition coefficient (Wildman–Crippen LogP) is 4.60. The van der Waals surface area contributed by atoms with Crippen LogP contribution in [0.2, 0.25) is 0 Å². The van der Waals surface area contributed by atoms with Crippen LogP contribution in [0, 0.1) is 0 Å². The van der Waals surface area contributed by atoms with E-state index in [9.17, 15) is 0 Å². The van der Waals surface area contributed by atoms with Crippen LogP contribution >= 0.6 is 0 Å². The number of aromatic nitrogens is 1. The summed E-state index contributed by atoms with van der Waals surface area (Å²) < 4.78 is 6.11. The lowest BCUT2D eigenvalue weighted by Crippen LogP contribution is -2.39. The Hall–Kier alpha value is -2.26. The molecule has 0 fully saturated rings. The Morgan fingerprint density at radius 2 is 1.92 bits per heavy atom. The first-order valence-corrected chi connectivity index (χ1v) is 8.69. The molecule has 0 amide bonds. The maximum atomic E-state index is 6.11. The van der Waals surface area contributed by atoms with Gasteiger partial charge >= 0.3 is 0 Å². The monoisotopic (exact) mass is 320 g/mol. The molecule has 24 heavy (non-hydrogen) atoms. The molecule has 0 saturated heterocycles. The highest BCUT2D eigenvalue weighted by molar-refractivity contribution is 5.83. The lowest BCUT2D eigenvalue weighted by atomic mass is 9.89. The number of ether oxygens (including phenoxy) is 1. The van der Waals surface area contributed by atoms with Gasteiger partial charge in [-0.2, -0.15) is 0 Å². The van der Waals surface area contributed by atoms with Gasteiger partial charge in [0.25, 0.3) is 0 Å². The molecular weight excluding hydrogens is 296 g/mol. The molecule has 1 unspecified atom stereocenters. The predicted molar refractivity (Wildman–Crippen MR) is 98.5 cm³/mol. The van der Waals surface area contributed by atoms with Crippen LogP contribution in [0.3, 0.4) is 0 Å². The van der Waals surface area contributed by atoms with Crippen molar-refractivity contribution >= 4 is 10.9 Å². The summed E-state index contributed by atoms with van der Waals surface area (Å²) >= 11 is 0. The highest BCUT2D eigenvalue weighted by atomic mass is 16.5. The molecule has 2 heterocycles. The number of hydrogen-bond donors (Lipinski definition) is 2. The third-order valence-electron chi connectivity index (χ3n) is 4.84. The van der Waals surface area contributed by atoms with Crippen molar-refractivity contribution in [1.29, 1.82) is 0 Å². The zero-order valence-corrected chi connectivity index (χ0v) is 14.3. The normalized spacial score (nSPS) is 19.0. The summed E-state index contributed by atoms with van der Waals surface area (Å²) in [6.07, 6.45) is 4.13. The molecule has 3 nitrogen and oxygen atoms in total. The van der Waals surface area contributed by atoms with Crippen molar-refractivity contribution in [1.82, 2.24) is 10.3 Å². The Bertz CT molecular complexity index is 850. The molecule has 0 bridgehead atoms. The third-order valence-corrected chi connectivity index (χ3v) is 4.84. The lowest BCUT2D eigenvalue weighted by molar-refractivity contribution is 0.0662.